The van der Waals surface area contributed by atoms with E-state index in [0.717, 1.165) is 18.4 Å². The largest absolute Gasteiger partial charge is 0.342 e. The van der Waals surface area contributed by atoms with Crippen LogP contribution in [0, 0.1) is 0 Å². The van der Waals surface area contributed by atoms with Crippen LogP contribution < -0.4 is 5.32 Å². The predicted molar refractivity (Wildman–Crippen MR) is 146 cm³/mol. The molecule has 1 aliphatic heterocycles. The second-order valence-corrected chi connectivity index (χ2v) is 11.2. The topological polar surface area (TPSA) is 108 Å². The van der Waals surface area contributed by atoms with Crippen LogP contribution in [0.1, 0.15) is 73.1 Å². The Bertz CT molecular complexity index is 1350. The lowest BCUT2D eigenvalue weighted by atomic mass is 10.1. The van der Waals surface area contributed by atoms with E-state index >= 15 is 0 Å². The highest BCUT2D eigenvalue weighted by Gasteiger charge is 2.33. The molecule has 3 amide bonds. The fourth-order valence-electron chi connectivity index (χ4n) is 4.49. The number of H-pyrrole nitrogens is 1. The van der Waals surface area contributed by atoms with Crippen LogP contribution in [0.2, 0.25) is 10.0 Å². The number of likely N-dealkylation sites (tertiary alicyclic amines) is 1. The normalized spacial score (nSPS) is 16.5. The van der Waals surface area contributed by atoms with Gasteiger partial charge in [-0.05, 0) is 76.9 Å². The van der Waals surface area contributed by atoms with Gasteiger partial charge >= 0.3 is 0 Å². The van der Waals surface area contributed by atoms with Crippen molar-refractivity contribution in [2.24, 2.45) is 0 Å². The number of amides is 3. The van der Waals surface area contributed by atoms with E-state index in [2.05, 4.69) is 15.3 Å². The SMILES string of the molecule is CC(NC(=O)c1ccc(C(=O)N2CCCC2CN(C=O)OC(C)(C)C)c(Cl)c1)c1nc2cc(Cl)ccc2[nH]1. The summed E-state index contributed by atoms with van der Waals surface area (Å²) in [6.07, 6.45) is 2.18. The maximum Gasteiger partial charge on any atom is 0.255 e. The summed E-state index contributed by atoms with van der Waals surface area (Å²) in [6.45, 7) is 8.18. The zero-order chi connectivity index (χ0) is 27.6. The Morgan fingerprint density at radius 2 is 2.03 bits per heavy atom. The van der Waals surface area contributed by atoms with E-state index in [1.165, 1.54) is 11.1 Å². The van der Waals surface area contributed by atoms with Crippen molar-refractivity contribution < 1.29 is 19.2 Å². The molecule has 2 unspecified atom stereocenters. The molecule has 2 atom stereocenters. The highest BCUT2D eigenvalue weighted by Crippen LogP contribution is 2.26. The summed E-state index contributed by atoms with van der Waals surface area (Å²) < 4.78 is 0. The first kappa shape index (κ1) is 27.9. The first-order valence-electron chi connectivity index (χ1n) is 12.4. The Hall–Kier alpha value is -3.14. The fraction of sp³-hybridized carbons (Fsp3) is 0.407. The molecule has 3 aromatic rings. The standard InChI is InChI=1S/C27H31Cl2N5O4/c1-16(24-31-22-10-8-18(28)13-23(22)32-24)30-25(36)17-7-9-20(21(29)12-17)26(37)34-11-5-6-19(34)14-33(15-35)38-27(2,3)4/h7-10,12-13,15-16,19H,5-6,11,14H2,1-4H3,(H,30,36)(H,31,32). The number of nitrogens with zero attached hydrogens (tertiary/aromatic N) is 3. The smallest absolute Gasteiger partial charge is 0.255 e. The molecule has 38 heavy (non-hydrogen) atoms. The van der Waals surface area contributed by atoms with Crippen LogP contribution in [-0.4, -0.2) is 62.9 Å². The molecule has 2 heterocycles. The third-order valence-corrected chi connectivity index (χ3v) is 6.77. The highest BCUT2D eigenvalue weighted by atomic mass is 35.5. The van der Waals surface area contributed by atoms with Crippen molar-refractivity contribution >= 4 is 52.5 Å². The molecule has 0 spiro atoms. The summed E-state index contributed by atoms with van der Waals surface area (Å²) in [7, 11) is 0. The average molecular weight is 560 g/mol. The maximum atomic E-state index is 13.4. The molecule has 0 radical (unpaired) electrons. The van der Waals surface area contributed by atoms with Gasteiger partial charge in [0, 0.05) is 17.1 Å². The van der Waals surface area contributed by atoms with E-state index in [1.807, 2.05) is 33.8 Å². The van der Waals surface area contributed by atoms with Gasteiger partial charge in [-0.1, -0.05) is 23.2 Å². The van der Waals surface area contributed by atoms with E-state index < -0.39 is 11.6 Å². The van der Waals surface area contributed by atoms with Gasteiger partial charge in [0.05, 0.1) is 45.8 Å². The van der Waals surface area contributed by atoms with Crippen LogP contribution >= 0.6 is 23.2 Å². The minimum atomic E-state index is -0.538. The molecule has 1 saturated heterocycles. The minimum Gasteiger partial charge on any atom is -0.342 e. The molecule has 4 rings (SSSR count). The van der Waals surface area contributed by atoms with Gasteiger partial charge in [-0.2, -0.15) is 0 Å². The molecule has 0 saturated carbocycles. The van der Waals surface area contributed by atoms with E-state index in [4.69, 9.17) is 28.0 Å². The van der Waals surface area contributed by atoms with Crippen molar-refractivity contribution in [1.29, 1.82) is 0 Å². The first-order chi connectivity index (χ1) is 17.9. The number of fused-ring (bicyclic) bond motifs is 1. The summed E-state index contributed by atoms with van der Waals surface area (Å²) in [5, 5.41) is 4.90. The molecular formula is C27H31Cl2N5O4. The molecule has 9 nitrogen and oxygen atoms in total. The van der Waals surface area contributed by atoms with Gasteiger partial charge in [0.15, 0.2) is 0 Å². The fourth-order valence-corrected chi connectivity index (χ4v) is 4.92. The Kier molecular flexibility index (Phi) is 8.30. The Morgan fingerprint density at radius 3 is 2.71 bits per heavy atom. The van der Waals surface area contributed by atoms with Crippen molar-refractivity contribution in [2.75, 3.05) is 13.1 Å². The maximum absolute atomic E-state index is 13.4. The average Bonchev–Trinajstić information content (AvgIpc) is 3.49. The number of nitrogens with one attached hydrogen (secondary N) is 2. The van der Waals surface area contributed by atoms with E-state index in [9.17, 15) is 14.4 Å². The van der Waals surface area contributed by atoms with Crippen molar-refractivity contribution in [3.05, 3.63) is 63.4 Å². The molecule has 2 aromatic carbocycles. The van der Waals surface area contributed by atoms with Gasteiger partial charge in [-0.3, -0.25) is 19.2 Å². The quantitative estimate of drug-likeness (QED) is 0.293. The number of carbonyl (C=O) groups excluding carboxylic acids is 3. The van der Waals surface area contributed by atoms with E-state index in [1.54, 1.807) is 29.2 Å². The molecule has 11 heteroatoms. The van der Waals surface area contributed by atoms with Gasteiger partial charge in [0.2, 0.25) is 6.41 Å². The molecule has 0 aliphatic carbocycles. The lowest BCUT2D eigenvalue weighted by Crippen LogP contribution is -2.45. The minimum absolute atomic E-state index is 0.178. The molecule has 2 N–H and O–H groups in total. The van der Waals surface area contributed by atoms with Crippen LogP contribution in [0.15, 0.2) is 36.4 Å². The van der Waals surface area contributed by atoms with Gasteiger partial charge in [0.1, 0.15) is 5.82 Å². The molecular weight excluding hydrogens is 529 g/mol. The van der Waals surface area contributed by atoms with Crippen LogP contribution in [-0.2, 0) is 9.63 Å². The summed E-state index contributed by atoms with van der Waals surface area (Å²) in [5.41, 5.74) is 1.61. The van der Waals surface area contributed by atoms with E-state index in [0.29, 0.717) is 40.4 Å². The third kappa shape index (κ3) is 6.46. The second kappa shape index (κ2) is 11.3. The summed E-state index contributed by atoms with van der Waals surface area (Å²) in [6, 6.07) is 9.36. The van der Waals surface area contributed by atoms with Gasteiger partial charge in [-0.15, -0.1) is 0 Å². The number of aromatic amines is 1. The third-order valence-electron chi connectivity index (χ3n) is 6.22. The number of hydrogen-bond acceptors (Lipinski definition) is 5. The van der Waals surface area contributed by atoms with Crippen molar-refractivity contribution in [1.82, 2.24) is 25.2 Å². The zero-order valence-electron chi connectivity index (χ0n) is 21.8. The second-order valence-electron chi connectivity index (χ2n) is 10.4. The number of benzene rings is 2. The molecule has 1 aliphatic rings. The molecule has 1 fully saturated rings. The number of hydroxylamine groups is 2. The number of hydrogen-bond donors (Lipinski definition) is 2. The number of aromatic nitrogens is 2. The number of carbonyl (C=O) groups is 3. The monoisotopic (exact) mass is 559 g/mol. The van der Waals surface area contributed by atoms with Crippen molar-refractivity contribution in [3.8, 4) is 0 Å². The molecule has 1 aromatic heterocycles. The Morgan fingerprint density at radius 1 is 1.26 bits per heavy atom. The lowest BCUT2D eigenvalue weighted by molar-refractivity contribution is -0.219. The van der Waals surface area contributed by atoms with Crippen molar-refractivity contribution in [3.63, 3.8) is 0 Å². The first-order valence-corrected chi connectivity index (χ1v) is 13.2. The van der Waals surface area contributed by atoms with Crippen LogP contribution in [0.4, 0.5) is 0 Å². The summed E-state index contributed by atoms with van der Waals surface area (Å²) in [5.74, 6) is -0.00865. The summed E-state index contributed by atoms with van der Waals surface area (Å²) >= 11 is 12.5. The Balaban J connectivity index is 1.43. The van der Waals surface area contributed by atoms with Crippen LogP contribution in [0.5, 0.6) is 0 Å². The lowest BCUT2D eigenvalue weighted by Gasteiger charge is -2.32. The highest BCUT2D eigenvalue weighted by molar-refractivity contribution is 6.34. The Labute approximate surface area is 231 Å². The van der Waals surface area contributed by atoms with Crippen molar-refractivity contribution in [2.45, 2.75) is 58.2 Å². The van der Waals surface area contributed by atoms with E-state index in [-0.39, 0.29) is 29.4 Å². The van der Waals surface area contributed by atoms with Gasteiger partial charge < -0.3 is 15.2 Å². The van der Waals surface area contributed by atoms with Crippen LogP contribution in [0.3, 0.4) is 0 Å². The molecule has 202 valence electrons. The van der Waals surface area contributed by atoms with Crippen LogP contribution in [0.25, 0.3) is 11.0 Å². The molecule has 0 bridgehead atoms. The predicted octanol–water partition coefficient (Wildman–Crippen LogP) is 5.15. The zero-order valence-corrected chi connectivity index (χ0v) is 23.3. The summed E-state index contributed by atoms with van der Waals surface area (Å²) in [4.78, 5) is 52.9. The number of rotatable bonds is 8. The number of imidazole rings is 1. The van der Waals surface area contributed by atoms with Gasteiger partial charge in [0.25, 0.3) is 11.8 Å². The number of halogens is 2. The van der Waals surface area contributed by atoms with Gasteiger partial charge in [-0.25, -0.2) is 10.0 Å².